The molecule has 0 aliphatic heterocycles. The number of rotatable bonds is 16. The second kappa shape index (κ2) is 20.0. The Bertz CT molecular complexity index is 1940. The first-order chi connectivity index (χ1) is 28.2. The third-order valence-electron chi connectivity index (χ3n) is 13.3. The Balaban J connectivity index is 2.01. The number of fused-ring (bicyclic) bond motifs is 8. The van der Waals surface area contributed by atoms with Gasteiger partial charge in [-0.25, -0.2) is 0 Å². The Morgan fingerprint density at radius 1 is 0.305 bits per heavy atom. The van der Waals surface area contributed by atoms with Crippen LogP contribution in [0.5, 0.6) is 46.0 Å². The molecule has 1 aliphatic carbocycles. The molecular formula is C51H70O8. The maximum atomic E-state index is 12.0. The Morgan fingerprint density at radius 2 is 0.508 bits per heavy atom. The third-order valence-corrected chi connectivity index (χ3v) is 13.3. The first-order valence-electron chi connectivity index (χ1n) is 22.4. The molecule has 0 aromatic heterocycles. The summed E-state index contributed by atoms with van der Waals surface area (Å²) in [5.41, 5.74) is 5.15. The van der Waals surface area contributed by atoms with E-state index in [0.29, 0.717) is 86.9 Å². The molecular weight excluding hydrogens is 741 g/mol. The molecule has 4 aromatic rings. The van der Waals surface area contributed by atoms with E-state index in [-0.39, 0.29) is 46.0 Å². The van der Waals surface area contributed by atoms with Crippen molar-refractivity contribution in [1.82, 2.24) is 0 Å². The smallest absolute Gasteiger partial charge is 0.126 e. The van der Waals surface area contributed by atoms with Crippen LogP contribution in [-0.4, -0.2) is 40.9 Å². The van der Waals surface area contributed by atoms with Gasteiger partial charge in [-0.05, 0) is 70.7 Å². The van der Waals surface area contributed by atoms with Crippen molar-refractivity contribution in [2.45, 2.75) is 175 Å². The van der Waals surface area contributed by atoms with E-state index in [1.54, 1.807) is 20.8 Å². The maximum Gasteiger partial charge on any atom is 0.126 e. The molecule has 322 valence electrons. The van der Waals surface area contributed by atoms with E-state index in [9.17, 15) is 40.9 Å². The number of phenols is 8. The Kier molecular flexibility index (Phi) is 15.4. The van der Waals surface area contributed by atoms with Gasteiger partial charge in [0, 0.05) is 90.9 Å². The van der Waals surface area contributed by atoms with Gasteiger partial charge < -0.3 is 40.9 Å². The van der Waals surface area contributed by atoms with Crippen LogP contribution < -0.4 is 0 Å². The lowest BCUT2D eigenvalue weighted by molar-refractivity contribution is 0.413. The predicted octanol–water partition coefficient (Wildman–Crippen LogP) is 13.4. The number of hydrogen-bond acceptors (Lipinski definition) is 8. The minimum absolute atomic E-state index is 0.0732. The maximum absolute atomic E-state index is 12.0. The van der Waals surface area contributed by atoms with Crippen LogP contribution in [0.4, 0.5) is 0 Å². The average Bonchev–Trinajstić information content (AvgIpc) is 3.21. The molecule has 59 heavy (non-hydrogen) atoms. The zero-order valence-corrected chi connectivity index (χ0v) is 36.6. The van der Waals surface area contributed by atoms with Crippen molar-refractivity contribution in [3.05, 3.63) is 91.5 Å². The predicted molar refractivity (Wildman–Crippen MR) is 237 cm³/mol. The molecule has 8 N–H and O–H groups in total. The van der Waals surface area contributed by atoms with Crippen LogP contribution in [0.3, 0.4) is 0 Å². The molecule has 8 bridgehead atoms. The van der Waals surface area contributed by atoms with Gasteiger partial charge in [-0.2, -0.15) is 0 Å². The summed E-state index contributed by atoms with van der Waals surface area (Å²) in [6.07, 6.45) is 12.8. The second-order valence-corrected chi connectivity index (χ2v) is 17.3. The highest BCUT2D eigenvalue weighted by Crippen LogP contribution is 2.54. The van der Waals surface area contributed by atoms with Crippen LogP contribution in [0.2, 0.25) is 0 Å². The summed E-state index contributed by atoms with van der Waals surface area (Å²) >= 11 is 0. The Morgan fingerprint density at radius 3 is 0.729 bits per heavy atom. The van der Waals surface area contributed by atoms with E-state index in [1.807, 2.05) is 24.3 Å². The average molecular weight is 811 g/mol. The monoisotopic (exact) mass is 811 g/mol. The molecule has 0 amide bonds. The van der Waals surface area contributed by atoms with Gasteiger partial charge in [0.1, 0.15) is 46.0 Å². The van der Waals surface area contributed by atoms with E-state index < -0.39 is 23.7 Å². The zero-order valence-electron chi connectivity index (χ0n) is 36.6. The fourth-order valence-electron chi connectivity index (χ4n) is 9.62. The SMILES string of the molecule is CCCCCC1c2cc(c(O)cc2O)C(CCCCC)c2cc(c(O)c(C)c2O)C(CCCCC)c2cc(c(O)c(C)c2O)C(CCCCC)c2cc1c(O)c(C)c2O. The van der Waals surface area contributed by atoms with Crippen molar-refractivity contribution in [2.75, 3.05) is 0 Å². The molecule has 0 fully saturated rings. The Labute approximate surface area is 352 Å². The van der Waals surface area contributed by atoms with Crippen LogP contribution in [0, 0.1) is 20.8 Å². The van der Waals surface area contributed by atoms with Gasteiger partial charge in [0.25, 0.3) is 0 Å². The summed E-state index contributed by atoms with van der Waals surface area (Å²) in [6.45, 7) is 13.5. The van der Waals surface area contributed by atoms with Crippen molar-refractivity contribution in [3.8, 4) is 46.0 Å². The third kappa shape index (κ3) is 9.22. The molecule has 0 saturated heterocycles. The molecule has 4 atom stereocenters. The number of phenolic OH excluding ortho intramolecular Hbond substituents is 8. The van der Waals surface area contributed by atoms with Crippen molar-refractivity contribution in [1.29, 1.82) is 0 Å². The summed E-state index contributed by atoms with van der Waals surface area (Å²) in [7, 11) is 0. The van der Waals surface area contributed by atoms with Crippen LogP contribution in [-0.2, 0) is 0 Å². The van der Waals surface area contributed by atoms with Gasteiger partial charge >= 0.3 is 0 Å². The number of hydrogen-bond donors (Lipinski definition) is 8. The van der Waals surface area contributed by atoms with Crippen LogP contribution in [0.1, 0.15) is 215 Å². The molecule has 8 nitrogen and oxygen atoms in total. The van der Waals surface area contributed by atoms with E-state index >= 15 is 0 Å². The zero-order chi connectivity index (χ0) is 43.1. The van der Waals surface area contributed by atoms with E-state index in [2.05, 4.69) is 27.7 Å². The highest BCUT2D eigenvalue weighted by Gasteiger charge is 2.35. The lowest BCUT2D eigenvalue weighted by atomic mass is 9.75. The topological polar surface area (TPSA) is 162 Å². The van der Waals surface area contributed by atoms with Gasteiger partial charge in [-0.15, -0.1) is 0 Å². The van der Waals surface area contributed by atoms with Crippen molar-refractivity contribution < 1.29 is 40.9 Å². The second-order valence-electron chi connectivity index (χ2n) is 17.3. The van der Waals surface area contributed by atoms with E-state index in [1.165, 1.54) is 6.07 Å². The lowest BCUT2D eigenvalue weighted by Gasteiger charge is -2.30. The Hall–Kier alpha value is -4.72. The van der Waals surface area contributed by atoms with Crippen LogP contribution >= 0.6 is 0 Å². The molecule has 4 aromatic carbocycles. The first-order valence-corrected chi connectivity index (χ1v) is 22.4. The number of unbranched alkanes of at least 4 members (excludes halogenated alkanes) is 8. The fourth-order valence-corrected chi connectivity index (χ4v) is 9.62. The van der Waals surface area contributed by atoms with Gasteiger partial charge in [0.15, 0.2) is 0 Å². The fraction of sp³-hybridized carbons (Fsp3) is 0.529. The standard InChI is InChI=1S/C51H70O8/c1-8-12-16-20-32-36-24-37(45(53)28-44(36)52)33(21-17-13-9-2)39-26-41(49(57)30(6)47(39)55)35(23-19-15-11-4)43-27-42(50(58)31(7)51(43)59)34(22-18-14-10-3)40-25-38(32)46(54)29(5)48(40)56/h24-28,32-35,52-59H,8-23H2,1-7H3. The van der Waals surface area contributed by atoms with Crippen molar-refractivity contribution >= 4 is 0 Å². The number of benzene rings is 4. The summed E-state index contributed by atoms with van der Waals surface area (Å²) < 4.78 is 0. The quantitative estimate of drug-likeness (QED) is 0.0519. The van der Waals surface area contributed by atoms with Gasteiger partial charge in [-0.1, -0.05) is 105 Å². The lowest BCUT2D eigenvalue weighted by Crippen LogP contribution is -2.13. The largest absolute Gasteiger partial charge is 0.508 e. The summed E-state index contributed by atoms with van der Waals surface area (Å²) in [4.78, 5) is 0. The molecule has 1 aliphatic rings. The normalized spacial score (nSPS) is 17.7. The molecule has 0 saturated carbocycles. The van der Waals surface area contributed by atoms with Crippen molar-refractivity contribution in [2.24, 2.45) is 0 Å². The summed E-state index contributed by atoms with van der Waals surface area (Å²) in [5, 5.41) is 95.6. The molecule has 4 unspecified atom stereocenters. The molecule has 5 rings (SSSR count). The molecule has 0 radical (unpaired) electrons. The van der Waals surface area contributed by atoms with Crippen LogP contribution in [0.15, 0.2) is 30.3 Å². The summed E-state index contributed by atoms with van der Waals surface area (Å²) in [5.74, 6) is -2.86. The minimum atomic E-state index is -0.546. The highest BCUT2D eigenvalue weighted by atomic mass is 16.3. The molecule has 8 heteroatoms. The van der Waals surface area contributed by atoms with Gasteiger partial charge in [-0.3, -0.25) is 0 Å². The highest BCUT2D eigenvalue weighted by molar-refractivity contribution is 5.66. The first kappa shape index (κ1) is 45.4. The molecule has 0 spiro atoms. The van der Waals surface area contributed by atoms with E-state index in [0.717, 1.165) is 77.0 Å². The number of aromatic hydroxyl groups is 8. The van der Waals surface area contributed by atoms with Crippen molar-refractivity contribution in [3.63, 3.8) is 0 Å². The van der Waals surface area contributed by atoms with Crippen LogP contribution in [0.25, 0.3) is 0 Å². The summed E-state index contributed by atoms with van der Waals surface area (Å²) in [6, 6.07) is 8.72. The van der Waals surface area contributed by atoms with E-state index in [4.69, 9.17) is 0 Å². The van der Waals surface area contributed by atoms with Gasteiger partial charge in [0.2, 0.25) is 0 Å². The molecule has 0 heterocycles. The minimum Gasteiger partial charge on any atom is -0.508 e. The van der Waals surface area contributed by atoms with Gasteiger partial charge in [0.05, 0.1) is 0 Å².